The molecule has 0 spiro atoms. The van der Waals surface area contributed by atoms with Gasteiger partial charge in [0.15, 0.2) is 5.96 Å². The van der Waals surface area contributed by atoms with Crippen molar-refractivity contribution in [3.8, 4) is 0 Å². The van der Waals surface area contributed by atoms with Crippen molar-refractivity contribution in [1.82, 2.24) is 14.8 Å². The lowest BCUT2D eigenvalue weighted by molar-refractivity contribution is 0.461. The average Bonchev–Trinajstić information content (AvgIpc) is 2.63. The van der Waals surface area contributed by atoms with Crippen molar-refractivity contribution in [2.24, 2.45) is 12.0 Å². The SMILES string of the molecule is CCCCNC(=NC)N(C)Cc1cc(Cl)cn1C. The number of nitrogens with one attached hydrogen (secondary N) is 1. The molecule has 4 nitrogen and oxygen atoms in total. The fourth-order valence-corrected chi connectivity index (χ4v) is 2.08. The molecule has 0 aliphatic carbocycles. The van der Waals surface area contributed by atoms with E-state index in [4.69, 9.17) is 11.6 Å². The van der Waals surface area contributed by atoms with E-state index in [2.05, 4.69) is 22.1 Å². The van der Waals surface area contributed by atoms with Gasteiger partial charge in [-0.25, -0.2) is 0 Å². The molecule has 0 aliphatic rings. The van der Waals surface area contributed by atoms with E-state index in [1.807, 2.05) is 38.0 Å². The van der Waals surface area contributed by atoms with Crippen LogP contribution in [0.15, 0.2) is 17.3 Å². The smallest absolute Gasteiger partial charge is 0.193 e. The van der Waals surface area contributed by atoms with Crippen molar-refractivity contribution in [1.29, 1.82) is 0 Å². The molecule has 0 fully saturated rings. The van der Waals surface area contributed by atoms with E-state index in [-0.39, 0.29) is 0 Å². The second kappa shape index (κ2) is 7.31. The standard InChI is InChI=1S/C13H23ClN4/c1-5-6-7-16-13(15-2)18(4)10-12-8-11(14)9-17(12)3/h8-9H,5-7,10H2,1-4H3,(H,15,16). The summed E-state index contributed by atoms with van der Waals surface area (Å²) in [5, 5.41) is 4.12. The van der Waals surface area contributed by atoms with Crippen LogP contribution in [0.4, 0.5) is 0 Å². The number of aliphatic imine (C=N–C) groups is 1. The van der Waals surface area contributed by atoms with Crippen LogP contribution in [0.1, 0.15) is 25.5 Å². The van der Waals surface area contributed by atoms with E-state index in [9.17, 15) is 0 Å². The number of aromatic nitrogens is 1. The Kier molecular flexibility index (Phi) is 6.05. The van der Waals surface area contributed by atoms with Crippen molar-refractivity contribution in [3.05, 3.63) is 23.0 Å². The number of nitrogens with zero attached hydrogens (tertiary/aromatic N) is 3. The molecule has 0 amide bonds. The summed E-state index contributed by atoms with van der Waals surface area (Å²) < 4.78 is 2.04. The van der Waals surface area contributed by atoms with Gasteiger partial charge in [0.05, 0.1) is 11.6 Å². The van der Waals surface area contributed by atoms with E-state index in [1.54, 1.807) is 0 Å². The van der Waals surface area contributed by atoms with Crippen LogP contribution in [0, 0.1) is 0 Å². The molecule has 0 saturated heterocycles. The molecule has 0 aliphatic heterocycles. The van der Waals surface area contributed by atoms with E-state index >= 15 is 0 Å². The van der Waals surface area contributed by atoms with Gasteiger partial charge in [-0.3, -0.25) is 4.99 Å². The third-order valence-electron chi connectivity index (χ3n) is 2.86. The monoisotopic (exact) mass is 270 g/mol. The van der Waals surface area contributed by atoms with Crippen molar-refractivity contribution in [3.63, 3.8) is 0 Å². The van der Waals surface area contributed by atoms with Crippen LogP contribution >= 0.6 is 11.6 Å². The molecule has 1 rings (SSSR count). The Bertz CT molecular complexity index is 398. The Hall–Kier alpha value is -1.16. The highest BCUT2D eigenvalue weighted by molar-refractivity contribution is 6.30. The highest BCUT2D eigenvalue weighted by atomic mass is 35.5. The summed E-state index contributed by atoms with van der Waals surface area (Å²) in [6.07, 6.45) is 4.25. The van der Waals surface area contributed by atoms with Gasteiger partial charge in [-0.2, -0.15) is 0 Å². The minimum Gasteiger partial charge on any atom is -0.356 e. The molecule has 1 N–H and O–H groups in total. The molecule has 1 aromatic rings. The third-order valence-corrected chi connectivity index (χ3v) is 3.07. The molecule has 0 bridgehead atoms. The molecule has 5 heteroatoms. The Balaban J connectivity index is 2.57. The predicted octanol–water partition coefficient (Wildman–Crippen LogP) is 2.49. The van der Waals surface area contributed by atoms with E-state index < -0.39 is 0 Å². The van der Waals surface area contributed by atoms with Gasteiger partial charge in [0.1, 0.15) is 0 Å². The van der Waals surface area contributed by atoms with E-state index in [1.165, 1.54) is 12.1 Å². The van der Waals surface area contributed by atoms with Gasteiger partial charge in [-0.05, 0) is 12.5 Å². The van der Waals surface area contributed by atoms with Crippen LogP contribution in [0.5, 0.6) is 0 Å². The Morgan fingerprint density at radius 1 is 1.56 bits per heavy atom. The lowest BCUT2D eigenvalue weighted by atomic mass is 10.3. The van der Waals surface area contributed by atoms with Crippen LogP contribution in [-0.4, -0.2) is 36.1 Å². The van der Waals surface area contributed by atoms with Crippen LogP contribution in [-0.2, 0) is 13.6 Å². The van der Waals surface area contributed by atoms with Gasteiger partial charge in [-0.15, -0.1) is 0 Å². The van der Waals surface area contributed by atoms with Crippen LogP contribution in [0.25, 0.3) is 0 Å². The first kappa shape index (κ1) is 14.9. The normalized spacial score (nSPS) is 11.7. The fourth-order valence-electron chi connectivity index (χ4n) is 1.80. The lowest BCUT2D eigenvalue weighted by Gasteiger charge is -2.22. The Morgan fingerprint density at radius 3 is 2.78 bits per heavy atom. The number of rotatable bonds is 5. The molecule has 1 aromatic heterocycles. The minimum atomic E-state index is 0.773. The first-order valence-corrected chi connectivity index (χ1v) is 6.68. The zero-order chi connectivity index (χ0) is 13.5. The zero-order valence-corrected chi connectivity index (χ0v) is 12.5. The van der Waals surface area contributed by atoms with Crippen molar-refractivity contribution in [2.45, 2.75) is 26.3 Å². The first-order chi connectivity index (χ1) is 8.58. The van der Waals surface area contributed by atoms with Crippen molar-refractivity contribution < 1.29 is 0 Å². The van der Waals surface area contributed by atoms with Gasteiger partial charge in [0.25, 0.3) is 0 Å². The second-order valence-corrected chi connectivity index (χ2v) is 4.88. The minimum absolute atomic E-state index is 0.773. The molecule has 18 heavy (non-hydrogen) atoms. The fraction of sp³-hybridized carbons (Fsp3) is 0.615. The summed E-state index contributed by atoms with van der Waals surface area (Å²) in [7, 11) is 5.84. The molecular weight excluding hydrogens is 248 g/mol. The number of aryl methyl sites for hydroxylation is 1. The molecule has 0 unspecified atom stereocenters. The molecular formula is C13H23ClN4. The summed E-state index contributed by atoms with van der Waals surface area (Å²) in [5.41, 5.74) is 1.17. The maximum Gasteiger partial charge on any atom is 0.193 e. The molecule has 0 aromatic carbocycles. The van der Waals surface area contributed by atoms with Crippen molar-refractivity contribution >= 4 is 17.6 Å². The summed E-state index contributed by atoms with van der Waals surface area (Å²) in [5.74, 6) is 0.917. The maximum atomic E-state index is 5.98. The van der Waals surface area contributed by atoms with E-state index in [0.717, 1.165) is 30.5 Å². The van der Waals surface area contributed by atoms with Gasteiger partial charge in [0.2, 0.25) is 0 Å². The quantitative estimate of drug-likeness (QED) is 0.507. The molecule has 0 saturated carbocycles. The zero-order valence-electron chi connectivity index (χ0n) is 11.7. The maximum absolute atomic E-state index is 5.98. The summed E-state index contributed by atoms with van der Waals surface area (Å²) in [6, 6.07) is 1.98. The van der Waals surface area contributed by atoms with Gasteiger partial charge in [-0.1, -0.05) is 24.9 Å². The molecule has 0 radical (unpaired) electrons. The van der Waals surface area contributed by atoms with Gasteiger partial charge >= 0.3 is 0 Å². The summed E-state index contributed by atoms with van der Waals surface area (Å²) in [6.45, 7) is 3.93. The Morgan fingerprint density at radius 2 is 2.28 bits per heavy atom. The lowest BCUT2D eigenvalue weighted by Crippen LogP contribution is -2.39. The predicted molar refractivity (Wildman–Crippen MR) is 78.2 cm³/mol. The molecule has 102 valence electrons. The second-order valence-electron chi connectivity index (χ2n) is 4.44. The third kappa shape index (κ3) is 4.26. The van der Waals surface area contributed by atoms with Gasteiger partial charge in [0, 0.05) is 39.6 Å². The average molecular weight is 271 g/mol. The summed E-state index contributed by atoms with van der Waals surface area (Å²) >= 11 is 5.98. The van der Waals surface area contributed by atoms with Crippen LogP contribution in [0.3, 0.4) is 0 Å². The largest absolute Gasteiger partial charge is 0.356 e. The number of guanidine groups is 1. The number of halogens is 1. The topological polar surface area (TPSA) is 32.6 Å². The number of hydrogen-bond acceptors (Lipinski definition) is 1. The number of unbranched alkanes of at least 4 members (excludes halogenated alkanes) is 1. The van der Waals surface area contributed by atoms with Gasteiger partial charge < -0.3 is 14.8 Å². The summed E-state index contributed by atoms with van der Waals surface area (Å²) in [4.78, 5) is 6.38. The molecule has 0 atom stereocenters. The first-order valence-electron chi connectivity index (χ1n) is 6.31. The van der Waals surface area contributed by atoms with Crippen LogP contribution in [0.2, 0.25) is 5.02 Å². The molecule has 1 heterocycles. The van der Waals surface area contributed by atoms with Crippen LogP contribution < -0.4 is 5.32 Å². The van der Waals surface area contributed by atoms with E-state index in [0.29, 0.717) is 0 Å². The van der Waals surface area contributed by atoms with Crippen molar-refractivity contribution in [2.75, 3.05) is 20.6 Å². The number of hydrogen-bond donors (Lipinski definition) is 1. The highest BCUT2D eigenvalue weighted by Crippen LogP contribution is 2.14. The highest BCUT2D eigenvalue weighted by Gasteiger charge is 2.09. The Labute approximate surface area is 115 Å².